The van der Waals surface area contributed by atoms with Crippen LogP contribution in [0.25, 0.3) is 0 Å². The van der Waals surface area contributed by atoms with Crippen LogP contribution in [0.5, 0.6) is 0 Å². The van der Waals surface area contributed by atoms with E-state index in [1.165, 1.54) is 38.1 Å². The Balaban J connectivity index is 1.66. The largest absolute Gasteiger partial charge is 0.409 e. The number of hydrogen-bond donors (Lipinski definition) is 3. The summed E-state index contributed by atoms with van der Waals surface area (Å²) in [4.78, 5) is 2.48. The Morgan fingerprint density at radius 3 is 2.76 bits per heavy atom. The van der Waals surface area contributed by atoms with Crippen molar-refractivity contribution in [3.8, 4) is 0 Å². The summed E-state index contributed by atoms with van der Waals surface area (Å²) in [6.07, 6.45) is 2.49. The van der Waals surface area contributed by atoms with Gasteiger partial charge in [0.1, 0.15) is 5.82 Å². The van der Waals surface area contributed by atoms with E-state index in [9.17, 15) is 4.39 Å². The molecule has 0 radical (unpaired) electrons. The van der Waals surface area contributed by atoms with Crippen molar-refractivity contribution in [2.75, 3.05) is 19.6 Å². The molecule has 0 aliphatic carbocycles. The average molecular weight is 292 g/mol. The Kier molecular flexibility index (Phi) is 4.07. The summed E-state index contributed by atoms with van der Waals surface area (Å²) in [6.45, 7) is 4.08. The summed E-state index contributed by atoms with van der Waals surface area (Å²) < 4.78 is 13.6. The van der Waals surface area contributed by atoms with Crippen molar-refractivity contribution >= 4 is 5.84 Å². The van der Waals surface area contributed by atoms with Crippen molar-refractivity contribution < 1.29 is 9.60 Å². The third-order valence-corrected chi connectivity index (χ3v) is 4.59. The van der Waals surface area contributed by atoms with Gasteiger partial charge < -0.3 is 21.2 Å². The minimum absolute atomic E-state index is 0.0708. The van der Waals surface area contributed by atoms with E-state index in [2.05, 4.69) is 15.4 Å². The maximum atomic E-state index is 13.6. The molecule has 3 saturated heterocycles. The summed E-state index contributed by atoms with van der Waals surface area (Å²) in [6, 6.07) is 4.99. The minimum atomic E-state index is -0.371. The molecule has 3 aliphatic heterocycles. The molecule has 3 fully saturated rings. The number of hydrogen-bond acceptors (Lipinski definition) is 4. The summed E-state index contributed by atoms with van der Waals surface area (Å²) in [5, 5.41) is 15.1. The number of benzene rings is 1. The van der Waals surface area contributed by atoms with Crippen molar-refractivity contribution in [2.45, 2.75) is 25.4 Å². The third-order valence-electron chi connectivity index (χ3n) is 4.59. The summed E-state index contributed by atoms with van der Waals surface area (Å²) in [5.41, 5.74) is 6.75. The highest BCUT2D eigenvalue weighted by Crippen LogP contribution is 2.27. The van der Waals surface area contributed by atoms with Gasteiger partial charge in [-0.15, -0.1) is 0 Å². The Hall–Kier alpha value is -1.66. The van der Waals surface area contributed by atoms with Crippen LogP contribution in [0.1, 0.15) is 24.0 Å². The molecule has 3 heterocycles. The molecule has 1 atom stereocenters. The van der Waals surface area contributed by atoms with E-state index in [1.807, 2.05) is 0 Å². The molecule has 1 unspecified atom stereocenters. The minimum Gasteiger partial charge on any atom is -0.409 e. The van der Waals surface area contributed by atoms with E-state index in [-0.39, 0.29) is 11.7 Å². The van der Waals surface area contributed by atoms with Gasteiger partial charge in [-0.25, -0.2) is 4.39 Å². The molecule has 0 saturated carbocycles. The first kappa shape index (κ1) is 14.3. The Labute approximate surface area is 123 Å². The molecule has 114 valence electrons. The molecule has 0 amide bonds. The molecule has 1 aromatic rings. The Morgan fingerprint density at radius 1 is 1.38 bits per heavy atom. The zero-order valence-corrected chi connectivity index (χ0v) is 11.9. The highest BCUT2D eigenvalue weighted by atomic mass is 19.1. The number of nitrogens with zero attached hydrogens (tertiary/aromatic N) is 2. The summed E-state index contributed by atoms with van der Waals surface area (Å²) in [5.74, 6) is 0.288. The normalized spacial score (nSPS) is 28.8. The van der Waals surface area contributed by atoms with Crippen molar-refractivity contribution in [3.05, 3.63) is 35.1 Å². The average Bonchev–Trinajstić information content (AvgIpc) is 2.53. The maximum absolute atomic E-state index is 13.6. The first-order valence-corrected chi connectivity index (χ1v) is 7.39. The van der Waals surface area contributed by atoms with Gasteiger partial charge in [0.25, 0.3) is 0 Å². The van der Waals surface area contributed by atoms with Crippen LogP contribution in [0.2, 0.25) is 0 Å². The van der Waals surface area contributed by atoms with Gasteiger partial charge in [0.15, 0.2) is 5.84 Å². The zero-order chi connectivity index (χ0) is 14.8. The SMILES string of the molecule is N/C(=N/O)c1cc(F)cc(CNC2CN3CCC2CC3)c1. The van der Waals surface area contributed by atoms with Crippen LogP contribution in [-0.4, -0.2) is 41.6 Å². The quantitative estimate of drug-likeness (QED) is 0.336. The number of rotatable bonds is 4. The lowest BCUT2D eigenvalue weighted by molar-refractivity contribution is 0.0720. The van der Waals surface area contributed by atoms with Gasteiger partial charge in [-0.2, -0.15) is 0 Å². The van der Waals surface area contributed by atoms with Gasteiger partial charge in [0.05, 0.1) is 0 Å². The fourth-order valence-corrected chi connectivity index (χ4v) is 3.40. The number of amidine groups is 1. The van der Waals surface area contributed by atoms with Crippen molar-refractivity contribution in [2.24, 2.45) is 16.8 Å². The van der Waals surface area contributed by atoms with Crippen molar-refractivity contribution in [1.82, 2.24) is 10.2 Å². The second-order valence-electron chi connectivity index (χ2n) is 5.96. The molecule has 5 nitrogen and oxygen atoms in total. The lowest BCUT2D eigenvalue weighted by atomic mass is 9.84. The van der Waals surface area contributed by atoms with Crippen LogP contribution in [-0.2, 0) is 6.54 Å². The first-order valence-electron chi connectivity index (χ1n) is 7.39. The molecule has 1 aromatic carbocycles. The van der Waals surface area contributed by atoms with Gasteiger partial charge in [0, 0.05) is 24.7 Å². The van der Waals surface area contributed by atoms with Crippen molar-refractivity contribution in [3.63, 3.8) is 0 Å². The van der Waals surface area contributed by atoms with E-state index >= 15 is 0 Å². The fraction of sp³-hybridized carbons (Fsp3) is 0.533. The highest BCUT2D eigenvalue weighted by molar-refractivity contribution is 5.97. The van der Waals surface area contributed by atoms with Crippen molar-refractivity contribution in [1.29, 1.82) is 0 Å². The summed E-state index contributed by atoms with van der Waals surface area (Å²) in [7, 11) is 0. The number of halogens is 1. The van der Waals surface area contributed by atoms with E-state index in [4.69, 9.17) is 10.9 Å². The molecular weight excluding hydrogens is 271 g/mol. The number of fused-ring (bicyclic) bond motifs is 3. The zero-order valence-electron chi connectivity index (χ0n) is 11.9. The van der Waals surface area contributed by atoms with Crippen LogP contribution < -0.4 is 11.1 Å². The molecular formula is C15H21FN4O. The van der Waals surface area contributed by atoms with E-state index in [0.29, 0.717) is 18.2 Å². The van der Waals surface area contributed by atoms with Crippen LogP contribution in [0.4, 0.5) is 4.39 Å². The standard InChI is InChI=1S/C15H21FN4O/c16-13-6-10(5-12(7-13)15(17)19-21)8-18-14-9-20-3-1-11(14)2-4-20/h5-7,11,14,18,21H,1-4,8-9H2,(H2,17,19). The molecule has 0 aromatic heterocycles. The molecule has 4 N–H and O–H groups in total. The highest BCUT2D eigenvalue weighted by Gasteiger charge is 2.33. The molecule has 2 bridgehead atoms. The molecule has 3 aliphatic rings. The van der Waals surface area contributed by atoms with Crippen LogP contribution in [0.3, 0.4) is 0 Å². The Morgan fingerprint density at radius 2 is 2.14 bits per heavy atom. The van der Waals surface area contributed by atoms with Gasteiger partial charge in [-0.3, -0.25) is 0 Å². The smallest absolute Gasteiger partial charge is 0.170 e. The lowest BCUT2D eigenvalue weighted by Gasteiger charge is -2.45. The van der Waals surface area contributed by atoms with Crippen LogP contribution >= 0.6 is 0 Å². The van der Waals surface area contributed by atoms with Gasteiger partial charge in [-0.05, 0) is 55.6 Å². The second-order valence-corrected chi connectivity index (χ2v) is 5.96. The molecule has 4 rings (SSSR count). The van der Waals surface area contributed by atoms with Gasteiger partial charge in [0.2, 0.25) is 0 Å². The molecule has 6 heteroatoms. The van der Waals surface area contributed by atoms with Crippen LogP contribution in [0.15, 0.2) is 23.4 Å². The predicted molar refractivity (Wildman–Crippen MR) is 78.7 cm³/mol. The van der Waals surface area contributed by atoms with E-state index in [1.54, 1.807) is 6.07 Å². The summed E-state index contributed by atoms with van der Waals surface area (Å²) >= 11 is 0. The lowest BCUT2D eigenvalue weighted by Crippen LogP contribution is -2.55. The number of nitrogens with one attached hydrogen (secondary N) is 1. The topological polar surface area (TPSA) is 73.9 Å². The van der Waals surface area contributed by atoms with E-state index in [0.717, 1.165) is 18.0 Å². The number of oxime groups is 1. The predicted octanol–water partition coefficient (Wildman–Crippen LogP) is 1.10. The second kappa shape index (κ2) is 5.99. The number of nitrogens with two attached hydrogens (primary N) is 1. The fourth-order valence-electron chi connectivity index (χ4n) is 3.40. The number of piperidine rings is 3. The maximum Gasteiger partial charge on any atom is 0.170 e. The first-order chi connectivity index (χ1) is 10.2. The monoisotopic (exact) mass is 292 g/mol. The van der Waals surface area contributed by atoms with Gasteiger partial charge in [-0.1, -0.05) is 5.16 Å². The third kappa shape index (κ3) is 3.16. The molecule has 0 spiro atoms. The Bertz CT molecular complexity index is 540. The van der Waals surface area contributed by atoms with Gasteiger partial charge >= 0.3 is 0 Å². The van der Waals surface area contributed by atoms with E-state index < -0.39 is 0 Å². The van der Waals surface area contributed by atoms with Crippen LogP contribution in [0, 0.1) is 11.7 Å². The molecule has 21 heavy (non-hydrogen) atoms.